The lowest BCUT2D eigenvalue weighted by Crippen LogP contribution is -2.26. The highest BCUT2D eigenvalue weighted by Crippen LogP contribution is 2.19. The van der Waals surface area contributed by atoms with Crippen molar-refractivity contribution in [2.24, 2.45) is 0 Å². The van der Waals surface area contributed by atoms with Crippen LogP contribution < -0.4 is 10.6 Å². The first-order chi connectivity index (χ1) is 12.7. The van der Waals surface area contributed by atoms with E-state index in [1.807, 2.05) is 18.2 Å². The molecular formula is C20H23FN4O. The van der Waals surface area contributed by atoms with Crippen molar-refractivity contribution in [2.45, 2.75) is 26.3 Å². The average molecular weight is 354 g/mol. The van der Waals surface area contributed by atoms with Crippen LogP contribution in [0, 0.1) is 5.82 Å². The minimum atomic E-state index is -0.408. The Morgan fingerprint density at radius 1 is 1.15 bits per heavy atom. The Morgan fingerprint density at radius 3 is 2.81 bits per heavy atom. The van der Waals surface area contributed by atoms with Crippen LogP contribution in [0.15, 0.2) is 48.5 Å². The van der Waals surface area contributed by atoms with Gasteiger partial charge < -0.3 is 15.2 Å². The zero-order valence-electron chi connectivity index (χ0n) is 14.8. The third kappa shape index (κ3) is 4.20. The summed E-state index contributed by atoms with van der Waals surface area (Å²) < 4.78 is 15.3. The maximum Gasteiger partial charge on any atom is 0.251 e. The normalized spacial score (nSPS) is 10.8. The van der Waals surface area contributed by atoms with Gasteiger partial charge in [-0.15, -0.1) is 0 Å². The second kappa shape index (κ2) is 8.47. The second-order valence-corrected chi connectivity index (χ2v) is 6.12. The summed E-state index contributed by atoms with van der Waals surface area (Å²) in [6.07, 6.45) is 1.77. The quantitative estimate of drug-likeness (QED) is 0.605. The number of halogens is 1. The van der Waals surface area contributed by atoms with Crippen LogP contribution in [0.1, 0.15) is 30.1 Å². The number of amides is 1. The minimum absolute atomic E-state index is 0.261. The highest BCUT2D eigenvalue weighted by Gasteiger charge is 2.09. The van der Waals surface area contributed by atoms with E-state index in [0.717, 1.165) is 36.4 Å². The van der Waals surface area contributed by atoms with Crippen molar-refractivity contribution in [1.82, 2.24) is 14.9 Å². The van der Waals surface area contributed by atoms with Crippen molar-refractivity contribution in [3.05, 3.63) is 59.9 Å². The van der Waals surface area contributed by atoms with Crippen molar-refractivity contribution in [1.29, 1.82) is 0 Å². The van der Waals surface area contributed by atoms with Crippen LogP contribution in [0.4, 0.5) is 10.3 Å². The zero-order chi connectivity index (χ0) is 18.4. The Kier molecular flexibility index (Phi) is 5.84. The number of hydrogen-bond acceptors (Lipinski definition) is 3. The number of fused-ring (bicyclic) bond motifs is 1. The maximum atomic E-state index is 13.1. The van der Waals surface area contributed by atoms with E-state index in [0.29, 0.717) is 18.7 Å². The predicted octanol–water partition coefficient (Wildman–Crippen LogP) is 3.82. The van der Waals surface area contributed by atoms with E-state index in [-0.39, 0.29) is 5.91 Å². The molecule has 1 aromatic heterocycles. The number of rotatable bonds is 8. The molecule has 26 heavy (non-hydrogen) atoms. The largest absolute Gasteiger partial charge is 0.356 e. The fourth-order valence-electron chi connectivity index (χ4n) is 2.88. The summed E-state index contributed by atoms with van der Waals surface area (Å²) in [6, 6.07) is 13.8. The molecule has 0 bridgehead atoms. The van der Waals surface area contributed by atoms with Crippen LogP contribution in [-0.2, 0) is 6.54 Å². The van der Waals surface area contributed by atoms with Crippen LogP contribution >= 0.6 is 0 Å². The highest BCUT2D eigenvalue weighted by molar-refractivity contribution is 5.94. The number of aromatic nitrogens is 2. The molecule has 0 aliphatic heterocycles. The van der Waals surface area contributed by atoms with Crippen LogP contribution in [0.5, 0.6) is 0 Å². The van der Waals surface area contributed by atoms with E-state index in [2.05, 4.69) is 33.2 Å². The summed E-state index contributed by atoms with van der Waals surface area (Å²) in [6.45, 7) is 4.24. The average Bonchev–Trinajstić information content (AvgIpc) is 2.99. The lowest BCUT2D eigenvalue weighted by atomic mass is 10.2. The van der Waals surface area contributed by atoms with E-state index in [1.54, 1.807) is 6.07 Å². The van der Waals surface area contributed by atoms with Gasteiger partial charge >= 0.3 is 0 Å². The predicted molar refractivity (Wildman–Crippen MR) is 102 cm³/mol. The molecule has 1 heterocycles. The molecule has 3 aromatic rings. The van der Waals surface area contributed by atoms with Gasteiger partial charge in [-0.25, -0.2) is 9.37 Å². The van der Waals surface area contributed by atoms with Crippen molar-refractivity contribution < 1.29 is 9.18 Å². The molecule has 136 valence electrons. The third-order valence-corrected chi connectivity index (χ3v) is 4.11. The molecule has 3 rings (SSSR count). The number of nitrogens with zero attached hydrogens (tertiary/aromatic N) is 2. The van der Waals surface area contributed by atoms with Gasteiger partial charge in [-0.3, -0.25) is 4.79 Å². The molecule has 5 nitrogen and oxygen atoms in total. The summed E-state index contributed by atoms with van der Waals surface area (Å²) in [4.78, 5) is 16.6. The number of anilines is 1. The van der Waals surface area contributed by atoms with Gasteiger partial charge in [0.2, 0.25) is 5.95 Å². The molecule has 0 radical (unpaired) electrons. The fraction of sp³-hybridized carbons (Fsp3) is 0.300. The van der Waals surface area contributed by atoms with E-state index in [4.69, 9.17) is 0 Å². The van der Waals surface area contributed by atoms with Crippen molar-refractivity contribution in [3.63, 3.8) is 0 Å². The smallest absolute Gasteiger partial charge is 0.251 e. The molecule has 6 heteroatoms. The van der Waals surface area contributed by atoms with Gasteiger partial charge in [0.1, 0.15) is 5.82 Å². The van der Waals surface area contributed by atoms with Crippen LogP contribution in [0.3, 0.4) is 0 Å². The van der Waals surface area contributed by atoms with E-state index < -0.39 is 5.82 Å². The van der Waals surface area contributed by atoms with Crippen molar-refractivity contribution in [3.8, 4) is 0 Å². The Morgan fingerprint density at radius 2 is 2.00 bits per heavy atom. The molecule has 0 aliphatic carbocycles. The molecule has 0 fully saturated rings. The Bertz CT molecular complexity index is 890. The van der Waals surface area contributed by atoms with Crippen LogP contribution in [0.2, 0.25) is 0 Å². The van der Waals surface area contributed by atoms with Gasteiger partial charge in [0.25, 0.3) is 5.91 Å². The van der Waals surface area contributed by atoms with Gasteiger partial charge in [0, 0.05) is 25.2 Å². The number of carbonyl (C=O) groups excluding carboxylic acids is 1. The minimum Gasteiger partial charge on any atom is -0.356 e. The Hall–Kier alpha value is -2.89. The van der Waals surface area contributed by atoms with E-state index in [1.165, 1.54) is 18.2 Å². The molecular weight excluding hydrogens is 331 g/mol. The molecule has 0 spiro atoms. The van der Waals surface area contributed by atoms with E-state index >= 15 is 0 Å². The first-order valence-electron chi connectivity index (χ1n) is 8.92. The number of carbonyl (C=O) groups is 1. The van der Waals surface area contributed by atoms with Crippen molar-refractivity contribution >= 4 is 22.9 Å². The monoisotopic (exact) mass is 354 g/mol. The maximum absolute atomic E-state index is 13.1. The molecule has 0 aliphatic rings. The Labute approximate surface area is 152 Å². The van der Waals surface area contributed by atoms with Crippen LogP contribution in [-0.4, -0.2) is 28.5 Å². The van der Waals surface area contributed by atoms with Gasteiger partial charge in [-0.05, 0) is 43.2 Å². The number of aryl methyl sites for hydroxylation is 1. The highest BCUT2D eigenvalue weighted by atomic mass is 19.1. The second-order valence-electron chi connectivity index (χ2n) is 6.12. The van der Waals surface area contributed by atoms with Gasteiger partial charge in [0.15, 0.2) is 0 Å². The molecule has 0 saturated heterocycles. The first kappa shape index (κ1) is 17.9. The standard InChI is InChI=1S/C20H23FN4O/c1-2-13-25-18-10-4-3-9-17(18)24-20(25)23-12-6-11-22-19(26)15-7-5-8-16(21)14-15/h3-5,7-10,14H,2,6,11-13H2,1H3,(H,22,26)(H,23,24). The third-order valence-electron chi connectivity index (χ3n) is 4.11. The topological polar surface area (TPSA) is 59.0 Å². The van der Waals surface area contributed by atoms with Gasteiger partial charge in [-0.2, -0.15) is 0 Å². The summed E-state index contributed by atoms with van der Waals surface area (Å²) in [7, 11) is 0. The summed E-state index contributed by atoms with van der Waals surface area (Å²) in [5.74, 6) is 0.182. The first-order valence-corrected chi connectivity index (χ1v) is 8.92. The summed E-state index contributed by atoms with van der Waals surface area (Å²) in [5, 5.41) is 6.16. The number of hydrogen-bond donors (Lipinski definition) is 2. The molecule has 0 unspecified atom stereocenters. The molecule has 1 amide bonds. The SMILES string of the molecule is CCCn1c(NCCCNC(=O)c2cccc(F)c2)nc2ccccc21. The number of para-hydroxylation sites is 2. The van der Waals surface area contributed by atoms with Gasteiger partial charge in [0.05, 0.1) is 11.0 Å². The van der Waals surface area contributed by atoms with Crippen molar-refractivity contribution in [2.75, 3.05) is 18.4 Å². The number of benzene rings is 2. The van der Waals surface area contributed by atoms with Crippen LogP contribution in [0.25, 0.3) is 11.0 Å². The molecule has 0 atom stereocenters. The zero-order valence-corrected chi connectivity index (χ0v) is 14.8. The van der Waals surface area contributed by atoms with E-state index in [9.17, 15) is 9.18 Å². The lowest BCUT2D eigenvalue weighted by molar-refractivity contribution is 0.0953. The fourth-order valence-corrected chi connectivity index (χ4v) is 2.88. The Balaban J connectivity index is 1.51. The molecule has 0 saturated carbocycles. The number of nitrogens with one attached hydrogen (secondary N) is 2. The molecule has 2 N–H and O–H groups in total. The molecule has 2 aromatic carbocycles. The summed E-state index contributed by atoms with van der Waals surface area (Å²) >= 11 is 0. The summed E-state index contributed by atoms with van der Waals surface area (Å²) in [5.41, 5.74) is 2.43. The number of imidazole rings is 1. The lowest BCUT2D eigenvalue weighted by Gasteiger charge is -2.10. The van der Waals surface area contributed by atoms with Gasteiger partial charge in [-0.1, -0.05) is 25.1 Å².